The molecule has 1 amide bonds. The smallest absolute Gasteiger partial charge is 0.410 e. The maximum Gasteiger partial charge on any atom is 0.410 e. The molecule has 0 bridgehead atoms. The number of carbonyl (C=O) groups excluding carboxylic acids is 1. The normalized spacial score (nSPS) is 27.4. The summed E-state index contributed by atoms with van der Waals surface area (Å²) in [5.74, 6) is 0. The molecule has 1 atom stereocenters. The summed E-state index contributed by atoms with van der Waals surface area (Å²) in [7, 11) is 0. The number of amides is 1. The first-order valence-corrected chi connectivity index (χ1v) is 7.14. The van der Waals surface area contributed by atoms with E-state index in [1.165, 1.54) is 0 Å². The number of hydrogen-bond acceptors (Lipinski definition) is 4. The highest BCUT2D eigenvalue weighted by Crippen LogP contribution is 2.40. The van der Waals surface area contributed by atoms with Crippen molar-refractivity contribution in [3.05, 3.63) is 0 Å². The topological polar surface area (TPSA) is 64.8 Å². The third-order valence-electron chi connectivity index (χ3n) is 4.22. The summed E-state index contributed by atoms with van der Waals surface area (Å²) in [6, 6.07) is 0.0256. The second-order valence-electron chi connectivity index (χ2n) is 6.76. The highest BCUT2D eigenvalue weighted by molar-refractivity contribution is 5.68. The fraction of sp³-hybridized carbons (Fsp3) is 0.929. The van der Waals surface area contributed by atoms with Gasteiger partial charge in [0.1, 0.15) is 5.60 Å². The molecule has 19 heavy (non-hydrogen) atoms. The lowest BCUT2D eigenvalue weighted by Crippen LogP contribution is -2.58. The van der Waals surface area contributed by atoms with E-state index in [-0.39, 0.29) is 17.6 Å². The number of hydrogen-bond donors (Lipinski definition) is 1. The average molecular weight is 270 g/mol. The van der Waals surface area contributed by atoms with Crippen LogP contribution in [0.3, 0.4) is 0 Å². The molecule has 2 N–H and O–H groups in total. The van der Waals surface area contributed by atoms with Crippen molar-refractivity contribution in [2.24, 2.45) is 11.1 Å². The van der Waals surface area contributed by atoms with E-state index in [9.17, 15) is 4.79 Å². The average Bonchev–Trinajstić information content (AvgIpc) is 2.32. The first-order chi connectivity index (χ1) is 8.82. The number of piperidine rings is 1. The van der Waals surface area contributed by atoms with E-state index in [2.05, 4.69) is 0 Å². The molecule has 5 nitrogen and oxygen atoms in total. The molecule has 0 aromatic carbocycles. The number of ether oxygens (including phenoxy) is 2. The maximum absolute atomic E-state index is 12.1. The lowest BCUT2D eigenvalue weighted by Gasteiger charge is -2.48. The van der Waals surface area contributed by atoms with Crippen molar-refractivity contribution in [1.82, 2.24) is 4.90 Å². The third-order valence-corrected chi connectivity index (χ3v) is 4.22. The SMILES string of the molecule is CC(C)(C)OC(=O)N1CCC2(CCOCC2)[C@H](N)C1. The zero-order chi connectivity index (χ0) is 14.1. The largest absolute Gasteiger partial charge is 0.444 e. The predicted molar refractivity (Wildman–Crippen MR) is 72.9 cm³/mol. The van der Waals surface area contributed by atoms with Crippen LogP contribution in [0.15, 0.2) is 0 Å². The van der Waals surface area contributed by atoms with E-state index in [4.69, 9.17) is 15.2 Å². The minimum atomic E-state index is -0.449. The molecule has 0 unspecified atom stereocenters. The molecule has 0 aromatic rings. The fourth-order valence-corrected chi connectivity index (χ4v) is 2.96. The summed E-state index contributed by atoms with van der Waals surface area (Å²) in [5.41, 5.74) is 6.05. The Morgan fingerprint density at radius 1 is 1.32 bits per heavy atom. The summed E-state index contributed by atoms with van der Waals surface area (Å²) in [4.78, 5) is 13.8. The summed E-state index contributed by atoms with van der Waals surface area (Å²) in [6.07, 6.45) is 2.73. The van der Waals surface area contributed by atoms with E-state index in [0.29, 0.717) is 6.54 Å². The van der Waals surface area contributed by atoms with Gasteiger partial charge in [-0.3, -0.25) is 0 Å². The standard InChI is InChI=1S/C14H26N2O3/c1-13(2,3)19-12(17)16-7-4-14(11(15)10-16)5-8-18-9-6-14/h11H,4-10,15H2,1-3H3/t11-/m1/s1. The predicted octanol–water partition coefficient (Wildman–Crippen LogP) is 1.75. The van der Waals surface area contributed by atoms with Crippen LogP contribution in [-0.2, 0) is 9.47 Å². The van der Waals surface area contributed by atoms with Gasteiger partial charge in [0.05, 0.1) is 0 Å². The maximum atomic E-state index is 12.1. The summed E-state index contributed by atoms with van der Waals surface area (Å²) in [5, 5.41) is 0. The van der Waals surface area contributed by atoms with Crippen molar-refractivity contribution in [2.45, 2.75) is 51.7 Å². The van der Waals surface area contributed by atoms with Crippen molar-refractivity contribution in [1.29, 1.82) is 0 Å². The Hall–Kier alpha value is -0.810. The lowest BCUT2D eigenvalue weighted by atomic mass is 9.69. The van der Waals surface area contributed by atoms with Gasteiger partial charge in [0.2, 0.25) is 0 Å². The number of likely N-dealkylation sites (tertiary alicyclic amines) is 1. The minimum Gasteiger partial charge on any atom is -0.444 e. The molecule has 2 aliphatic rings. The van der Waals surface area contributed by atoms with Gasteiger partial charge in [-0.05, 0) is 45.4 Å². The van der Waals surface area contributed by atoms with E-state index < -0.39 is 5.60 Å². The number of carbonyl (C=O) groups is 1. The molecule has 2 fully saturated rings. The zero-order valence-electron chi connectivity index (χ0n) is 12.3. The van der Waals surface area contributed by atoms with Crippen molar-refractivity contribution >= 4 is 6.09 Å². The number of rotatable bonds is 0. The van der Waals surface area contributed by atoms with Crippen LogP contribution in [0.2, 0.25) is 0 Å². The van der Waals surface area contributed by atoms with E-state index in [1.54, 1.807) is 4.90 Å². The molecule has 2 aliphatic heterocycles. The van der Waals surface area contributed by atoms with E-state index in [1.807, 2.05) is 20.8 Å². The van der Waals surface area contributed by atoms with Gasteiger partial charge in [-0.25, -0.2) is 4.79 Å². The quantitative estimate of drug-likeness (QED) is 0.728. The van der Waals surface area contributed by atoms with Crippen LogP contribution < -0.4 is 5.73 Å². The molecule has 0 radical (unpaired) electrons. The van der Waals surface area contributed by atoms with Gasteiger partial charge >= 0.3 is 6.09 Å². The van der Waals surface area contributed by atoms with Gasteiger partial charge in [0, 0.05) is 32.3 Å². The van der Waals surface area contributed by atoms with Crippen molar-refractivity contribution < 1.29 is 14.3 Å². The molecular weight excluding hydrogens is 244 g/mol. The summed E-state index contributed by atoms with van der Waals surface area (Å²) in [6.45, 7) is 8.57. The van der Waals surface area contributed by atoms with Crippen LogP contribution >= 0.6 is 0 Å². The van der Waals surface area contributed by atoms with Crippen LogP contribution in [0.1, 0.15) is 40.0 Å². The second-order valence-corrected chi connectivity index (χ2v) is 6.76. The fourth-order valence-electron chi connectivity index (χ4n) is 2.96. The number of nitrogens with two attached hydrogens (primary N) is 1. The Kier molecular flexibility index (Phi) is 4.06. The van der Waals surface area contributed by atoms with Gasteiger partial charge < -0.3 is 20.1 Å². The lowest BCUT2D eigenvalue weighted by molar-refractivity contribution is -0.0398. The molecule has 2 heterocycles. The first-order valence-electron chi connectivity index (χ1n) is 7.14. The Morgan fingerprint density at radius 2 is 1.95 bits per heavy atom. The van der Waals surface area contributed by atoms with Crippen LogP contribution in [0.4, 0.5) is 4.79 Å². The van der Waals surface area contributed by atoms with Gasteiger partial charge in [-0.15, -0.1) is 0 Å². The molecule has 2 rings (SSSR count). The Morgan fingerprint density at radius 3 is 2.47 bits per heavy atom. The van der Waals surface area contributed by atoms with E-state index in [0.717, 1.165) is 39.0 Å². The summed E-state index contributed by atoms with van der Waals surface area (Å²) >= 11 is 0. The highest BCUT2D eigenvalue weighted by Gasteiger charge is 2.43. The molecule has 0 saturated carbocycles. The Balaban J connectivity index is 1.94. The van der Waals surface area contributed by atoms with Crippen molar-refractivity contribution in [3.8, 4) is 0 Å². The van der Waals surface area contributed by atoms with Gasteiger partial charge in [-0.1, -0.05) is 0 Å². The first kappa shape index (κ1) is 14.6. The molecule has 2 saturated heterocycles. The molecule has 110 valence electrons. The van der Waals surface area contributed by atoms with E-state index >= 15 is 0 Å². The van der Waals surface area contributed by atoms with Crippen LogP contribution in [0.5, 0.6) is 0 Å². The van der Waals surface area contributed by atoms with Gasteiger partial charge in [0.25, 0.3) is 0 Å². The monoisotopic (exact) mass is 270 g/mol. The Bertz CT molecular complexity index is 332. The highest BCUT2D eigenvalue weighted by atomic mass is 16.6. The van der Waals surface area contributed by atoms with Crippen LogP contribution in [0.25, 0.3) is 0 Å². The van der Waals surface area contributed by atoms with Crippen LogP contribution in [0, 0.1) is 5.41 Å². The zero-order valence-corrected chi connectivity index (χ0v) is 12.3. The minimum absolute atomic E-state index is 0.0256. The molecule has 1 spiro atoms. The van der Waals surface area contributed by atoms with Crippen LogP contribution in [-0.4, -0.2) is 48.9 Å². The van der Waals surface area contributed by atoms with Crippen molar-refractivity contribution in [2.75, 3.05) is 26.3 Å². The molecule has 0 aliphatic carbocycles. The molecule has 0 aromatic heterocycles. The molecular formula is C14H26N2O3. The second kappa shape index (κ2) is 5.29. The van der Waals surface area contributed by atoms with Crippen molar-refractivity contribution in [3.63, 3.8) is 0 Å². The number of nitrogens with zero attached hydrogens (tertiary/aromatic N) is 1. The summed E-state index contributed by atoms with van der Waals surface area (Å²) < 4.78 is 10.8. The Labute approximate surface area is 115 Å². The third kappa shape index (κ3) is 3.39. The van der Waals surface area contributed by atoms with Gasteiger partial charge in [-0.2, -0.15) is 0 Å². The van der Waals surface area contributed by atoms with Gasteiger partial charge in [0.15, 0.2) is 0 Å². The molecule has 5 heteroatoms.